The van der Waals surface area contributed by atoms with Crippen molar-refractivity contribution in [2.45, 2.75) is 329 Å². The van der Waals surface area contributed by atoms with Gasteiger partial charge in [-0.05, 0) is 103 Å². The largest absolute Gasteiger partial charge is 0.462 e. The maximum absolute atomic E-state index is 12.9. The van der Waals surface area contributed by atoms with Gasteiger partial charge in [-0.3, -0.25) is 14.4 Å². The van der Waals surface area contributed by atoms with Crippen LogP contribution in [0.5, 0.6) is 0 Å². The molecule has 0 heterocycles. The number of carbonyl (C=O) groups excluding carboxylic acids is 3. The molecule has 1 unspecified atom stereocenters. The lowest BCUT2D eigenvalue weighted by atomic mass is 10.0. The zero-order valence-corrected chi connectivity index (χ0v) is 49.1. The van der Waals surface area contributed by atoms with Crippen molar-refractivity contribution in [2.24, 2.45) is 0 Å². The number of rotatable bonds is 58. The van der Waals surface area contributed by atoms with E-state index >= 15 is 0 Å². The Morgan fingerprint density at radius 2 is 0.541 bits per heavy atom. The molecule has 0 N–H and O–H groups in total. The quantitative estimate of drug-likeness (QED) is 0.0261. The van der Waals surface area contributed by atoms with Crippen LogP contribution in [-0.4, -0.2) is 37.2 Å². The van der Waals surface area contributed by atoms with Crippen molar-refractivity contribution in [3.8, 4) is 0 Å². The number of allylic oxidation sites excluding steroid dienone is 12. The molecule has 428 valence electrons. The normalized spacial score (nSPS) is 12.5. The molecule has 0 aliphatic heterocycles. The Labute approximate surface area is 459 Å². The Kier molecular flexibility index (Phi) is 59.7. The van der Waals surface area contributed by atoms with Crippen LogP contribution >= 0.6 is 0 Å². The monoisotopic (exact) mass is 1030 g/mol. The molecular weight excluding hydrogens is 913 g/mol. The third kappa shape index (κ3) is 59.7. The second kappa shape index (κ2) is 62.4. The summed E-state index contributed by atoms with van der Waals surface area (Å²) >= 11 is 0. The predicted molar refractivity (Wildman–Crippen MR) is 321 cm³/mol. The van der Waals surface area contributed by atoms with Gasteiger partial charge >= 0.3 is 17.9 Å². The van der Waals surface area contributed by atoms with Gasteiger partial charge in [-0.25, -0.2) is 0 Å². The van der Waals surface area contributed by atoms with Crippen molar-refractivity contribution >= 4 is 17.9 Å². The molecule has 0 spiro atoms. The predicted octanol–water partition coefficient (Wildman–Crippen LogP) is 21.7. The van der Waals surface area contributed by atoms with Crippen LogP contribution in [0.3, 0.4) is 0 Å². The number of hydrogen-bond donors (Lipinski definition) is 0. The molecular formula is C68H120O6. The minimum absolute atomic E-state index is 0.0784. The fraction of sp³-hybridized carbons (Fsp3) is 0.779. The van der Waals surface area contributed by atoms with Crippen LogP contribution in [0.25, 0.3) is 0 Å². The molecule has 0 bridgehead atoms. The molecule has 74 heavy (non-hydrogen) atoms. The highest BCUT2D eigenvalue weighted by Crippen LogP contribution is 2.17. The topological polar surface area (TPSA) is 78.9 Å². The standard InChI is InChI=1S/C68H120O6/c1-4-7-10-13-16-19-22-24-26-28-29-30-31-32-33-34-35-36-37-38-39-40-42-43-46-49-52-55-58-61-67(70)73-64-65(63-72-66(69)60-57-54-51-48-45-21-18-15-12-9-6-3)74-68(71)62-59-56-53-50-47-44-41-27-25-23-20-17-14-11-8-5-2/h7,10,15-16,18-19,24,26-27,29-30,41,65H,4-6,8-9,11-14,17,20-23,25,28,31-40,42-64H2,1-3H3/b10-7-,18-15-,19-16-,26-24-,30-29-,41-27-. The van der Waals surface area contributed by atoms with Crippen LogP contribution in [-0.2, 0) is 28.6 Å². The van der Waals surface area contributed by atoms with Crippen LogP contribution in [0.1, 0.15) is 323 Å². The van der Waals surface area contributed by atoms with Gasteiger partial charge in [-0.2, -0.15) is 0 Å². The molecule has 0 radical (unpaired) electrons. The Bertz CT molecular complexity index is 1370. The highest BCUT2D eigenvalue weighted by atomic mass is 16.6. The first kappa shape index (κ1) is 70.8. The first-order valence-corrected chi connectivity index (χ1v) is 31.9. The Morgan fingerprint density at radius 3 is 0.878 bits per heavy atom. The van der Waals surface area contributed by atoms with Gasteiger partial charge in [0, 0.05) is 19.3 Å². The van der Waals surface area contributed by atoms with Crippen LogP contribution in [0, 0.1) is 0 Å². The van der Waals surface area contributed by atoms with Crippen LogP contribution in [0.15, 0.2) is 72.9 Å². The molecule has 0 saturated carbocycles. The average molecular weight is 1030 g/mol. The molecule has 0 rings (SSSR count). The fourth-order valence-corrected chi connectivity index (χ4v) is 9.12. The SMILES string of the molecule is CC/C=C\C/C=C\C/C=C\C/C=C\CCCCCCCCCCCCCCCCCCC(=O)OCC(COC(=O)CCCCCCC/C=C\CCCC)OC(=O)CCCCCCC/C=C\CCCCCCCCC. The molecule has 0 aromatic carbocycles. The van der Waals surface area contributed by atoms with E-state index in [9.17, 15) is 14.4 Å². The summed E-state index contributed by atoms with van der Waals surface area (Å²) in [7, 11) is 0. The molecule has 0 aromatic rings. The highest BCUT2D eigenvalue weighted by Gasteiger charge is 2.19. The Hall–Kier alpha value is -3.15. The molecule has 0 aromatic heterocycles. The fourth-order valence-electron chi connectivity index (χ4n) is 9.12. The van der Waals surface area contributed by atoms with E-state index in [4.69, 9.17) is 14.2 Å². The van der Waals surface area contributed by atoms with Gasteiger partial charge in [-0.15, -0.1) is 0 Å². The average Bonchev–Trinajstić information content (AvgIpc) is 3.40. The van der Waals surface area contributed by atoms with Crippen LogP contribution in [0.4, 0.5) is 0 Å². The summed E-state index contributed by atoms with van der Waals surface area (Å²) in [5.41, 5.74) is 0. The maximum atomic E-state index is 12.9. The summed E-state index contributed by atoms with van der Waals surface area (Å²) < 4.78 is 16.9. The van der Waals surface area contributed by atoms with Crippen molar-refractivity contribution in [1.82, 2.24) is 0 Å². The van der Waals surface area contributed by atoms with E-state index in [0.717, 1.165) is 103 Å². The first-order chi connectivity index (χ1) is 36.5. The molecule has 6 nitrogen and oxygen atoms in total. The van der Waals surface area contributed by atoms with Gasteiger partial charge in [0.15, 0.2) is 6.10 Å². The summed E-state index contributed by atoms with van der Waals surface area (Å²) in [6, 6.07) is 0. The van der Waals surface area contributed by atoms with Crippen molar-refractivity contribution in [1.29, 1.82) is 0 Å². The molecule has 0 amide bonds. The van der Waals surface area contributed by atoms with E-state index in [1.165, 1.54) is 180 Å². The molecule has 0 saturated heterocycles. The Balaban J connectivity index is 4.18. The minimum atomic E-state index is -0.781. The van der Waals surface area contributed by atoms with Gasteiger partial charge in [-0.1, -0.05) is 273 Å². The van der Waals surface area contributed by atoms with Gasteiger partial charge < -0.3 is 14.2 Å². The summed E-state index contributed by atoms with van der Waals surface area (Å²) in [5, 5.41) is 0. The number of unbranched alkanes of at least 4 members (excludes halogenated alkanes) is 35. The van der Waals surface area contributed by atoms with E-state index < -0.39 is 6.10 Å². The lowest BCUT2D eigenvalue weighted by Crippen LogP contribution is -2.30. The summed E-state index contributed by atoms with van der Waals surface area (Å²) in [6.45, 7) is 6.50. The summed E-state index contributed by atoms with van der Waals surface area (Å²) in [4.78, 5) is 38.2. The molecule has 6 heteroatoms. The molecule has 0 aliphatic carbocycles. The number of hydrogen-bond acceptors (Lipinski definition) is 6. The second-order valence-corrected chi connectivity index (χ2v) is 21.3. The molecule has 0 aliphatic rings. The zero-order valence-electron chi connectivity index (χ0n) is 49.1. The van der Waals surface area contributed by atoms with E-state index in [-0.39, 0.29) is 31.1 Å². The third-order valence-corrected chi connectivity index (χ3v) is 13.9. The van der Waals surface area contributed by atoms with E-state index in [1.807, 2.05) is 0 Å². The molecule has 0 fully saturated rings. The smallest absolute Gasteiger partial charge is 0.306 e. The first-order valence-electron chi connectivity index (χ1n) is 31.9. The van der Waals surface area contributed by atoms with Crippen molar-refractivity contribution in [2.75, 3.05) is 13.2 Å². The van der Waals surface area contributed by atoms with Gasteiger partial charge in [0.25, 0.3) is 0 Å². The van der Waals surface area contributed by atoms with E-state index in [2.05, 4.69) is 93.7 Å². The highest BCUT2D eigenvalue weighted by molar-refractivity contribution is 5.71. The van der Waals surface area contributed by atoms with Gasteiger partial charge in [0.05, 0.1) is 0 Å². The van der Waals surface area contributed by atoms with Gasteiger partial charge in [0.1, 0.15) is 13.2 Å². The molecule has 1 atom stereocenters. The van der Waals surface area contributed by atoms with Crippen molar-refractivity contribution in [3.05, 3.63) is 72.9 Å². The third-order valence-electron chi connectivity index (χ3n) is 13.9. The van der Waals surface area contributed by atoms with Crippen molar-refractivity contribution in [3.63, 3.8) is 0 Å². The van der Waals surface area contributed by atoms with E-state index in [0.29, 0.717) is 19.3 Å². The van der Waals surface area contributed by atoms with Crippen LogP contribution < -0.4 is 0 Å². The Morgan fingerprint density at radius 1 is 0.284 bits per heavy atom. The minimum Gasteiger partial charge on any atom is -0.462 e. The lowest BCUT2D eigenvalue weighted by Gasteiger charge is -2.18. The van der Waals surface area contributed by atoms with Crippen LogP contribution in [0.2, 0.25) is 0 Å². The number of carbonyl (C=O) groups is 3. The van der Waals surface area contributed by atoms with Gasteiger partial charge in [0.2, 0.25) is 0 Å². The lowest BCUT2D eigenvalue weighted by molar-refractivity contribution is -0.167. The zero-order chi connectivity index (χ0) is 53.6. The number of esters is 3. The maximum Gasteiger partial charge on any atom is 0.306 e. The number of ether oxygens (including phenoxy) is 3. The summed E-state index contributed by atoms with van der Waals surface area (Å²) in [6.07, 6.45) is 80.6. The van der Waals surface area contributed by atoms with Crippen molar-refractivity contribution < 1.29 is 28.6 Å². The second-order valence-electron chi connectivity index (χ2n) is 21.3. The van der Waals surface area contributed by atoms with E-state index in [1.54, 1.807) is 0 Å². The summed E-state index contributed by atoms with van der Waals surface area (Å²) in [5.74, 6) is -0.883.